The van der Waals surface area contributed by atoms with Gasteiger partial charge in [0.2, 0.25) is 0 Å². The van der Waals surface area contributed by atoms with Crippen LogP contribution < -0.4 is 5.69 Å². The van der Waals surface area contributed by atoms with Crippen molar-refractivity contribution in [3.8, 4) is 0 Å². The monoisotopic (exact) mass is 477 g/mol. The number of H-pyrrole nitrogens is 1. The molecule has 0 radical (unpaired) electrons. The molecule has 0 bridgehead atoms. The van der Waals surface area contributed by atoms with E-state index in [0.29, 0.717) is 24.8 Å². The van der Waals surface area contributed by atoms with Crippen molar-refractivity contribution in [2.75, 3.05) is 39.5 Å². The van der Waals surface area contributed by atoms with Crippen LogP contribution in [-0.4, -0.2) is 59.5 Å². The second kappa shape index (κ2) is 9.98. The first-order valence-corrected chi connectivity index (χ1v) is 11.4. The number of nitrogens with zero attached hydrogens (tertiary/aromatic N) is 2. The number of imidazole rings is 1. The Morgan fingerprint density at radius 1 is 1.09 bits per heavy atom. The molecule has 0 saturated carbocycles. The molecular formula is C24H29Cl2N3O3. The normalized spacial score (nSPS) is 22.7. The van der Waals surface area contributed by atoms with Crippen LogP contribution in [0.5, 0.6) is 0 Å². The molecule has 3 aromatic rings. The summed E-state index contributed by atoms with van der Waals surface area (Å²) in [6.45, 7) is 4.61. The number of fused-ring (bicyclic) bond motifs is 1. The number of hydrogen-bond acceptors (Lipinski definition) is 4. The molecule has 32 heavy (non-hydrogen) atoms. The molecule has 1 atom stereocenters. The van der Waals surface area contributed by atoms with Gasteiger partial charge in [0.05, 0.1) is 30.9 Å². The van der Waals surface area contributed by atoms with Gasteiger partial charge in [-0.25, -0.2) is 4.79 Å². The number of likely N-dealkylation sites (tertiary alicyclic amines) is 1. The Morgan fingerprint density at radius 2 is 1.88 bits per heavy atom. The van der Waals surface area contributed by atoms with Gasteiger partial charge in [-0.3, -0.25) is 4.57 Å². The van der Waals surface area contributed by atoms with Crippen LogP contribution in [0.2, 0.25) is 5.02 Å². The van der Waals surface area contributed by atoms with E-state index < -0.39 is 0 Å². The van der Waals surface area contributed by atoms with Gasteiger partial charge in [0.25, 0.3) is 0 Å². The first-order valence-electron chi connectivity index (χ1n) is 11.0. The highest BCUT2D eigenvalue weighted by Crippen LogP contribution is 2.29. The summed E-state index contributed by atoms with van der Waals surface area (Å²) in [6, 6.07) is 16.3. The molecule has 6 nitrogen and oxygen atoms in total. The highest BCUT2D eigenvalue weighted by molar-refractivity contribution is 6.31. The van der Waals surface area contributed by atoms with Gasteiger partial charge >= 0.3 is 5.69 Å². The maximum absolute atomic E-state index is 12.6. The minimum absolute atomic E-state index is 0. The highest BCUT2D eigenvalue weighted by Gasteiger charge is 2.37. The van der Waals surface area contributed by atoms with Crippen LogP contribution in [0.15, 0.2) is 53.3 Å². The number of aromatic nitrogens is 2. The van der Waals surface area contributed by atoms with Crippen molar-refractivity contribution in [2.45, 2.75) is 30.9 Å². The molecule has 2 aromatic carbocycles. The molecule has 8 heteroatoms. The van der Waals surface area contributed by atoms with E-state index in [1.807, 2.05) is 28.8 Å². The van der Waals surface area contributed by atoms with Crippen molar-refractivity contribution < 1.29 is 9.47 Å². The van der Waals surface area contributed by atoms with E-state index >= 15 is 0 Å². The lowest BCUT2D eigenvalue weighted by Crippen LogP contribution is -2.54. The van der Waals surface area contributed by atoms with Gasteiger partial charge in [-0.1, -0.05) is 41.9 Å². The Kier molecular flexibility index (Phi) is 7.27. The standard InChI is InChI=1S/C24H28ClN3O3.ClH/c25-19-6-7-22-21(14-19)26-23(29)28(22)20-8-10-27(11-9-20)16-24(17-30-12-13-31-24)15-18-4-2-1-3-5-18;/h1-7,14,20H,8-13,15-17H2,(H,26,29);1H. The van der Waals surface area contributed by atoms with E-state index in [4.69, 9.17) is 21.1 Å². The van der Waals surface area contributed by atoms with Gasteiger partial charge in [-0.05, 0) is 36.6 Å². The van der Waals surface area contributed by atoms with Gasteiger partial charge in [-0.15, -0.1) is 12.4 Å². The minimum atomic E-state index is -0.319. The molecule has 2 aliphatic rings. The summed E-state index contributed by atoms with van der Waals surface area (Å²) < 4.78 is 14.1. The molecule has 0 aliphatic carbocycles. The lowest BCUT2D eigenvalue weighted by molar-refractivity contribution is -0.167. The lowest BCUT2D eigenvalue weighted by Gasteiger charge is -2.43. The number of hydrogen-bond donors (Lipinski definition) is 1. The molecule has 0 amide bonds. The number of rotatable bonds is 5. The predicted molar refractivity (Wildman–Crippen MR) is 129 cm³/mol. The Bertz CT molecular complexity index is 1080. The first-order chi connectivity index (χ1) is 15.1. The third kappa shape index (κ3) is 4.90. The number of piperidine rings is 1. The maximum Gasteiger partial charge on any atom is 0.326 e. The molecule has 3 heterocycles. The SMILES string of the molecule is Cl.O=c1[nH]c2cc(Cl)ccc2n1C1CCN(CC2(Cc3ccccc3)COCCO2)CC1. The Morgan fingerprint density at radius 3 is 2.59 bits per heavy atom. The summed E-state index contributed by atoms with van der Waals surface area (Å²) in [7, 11) is 0. The average molecular weight is 478 g/mol. The summed E-state index contributed by atoms with van der Waals surface area (Å²) in [5.41, 5.74) is 2.62. The molecule has 0 spiro atoms. The smallest absolute Gasteiger partial charge is 0.326 e. The second-order valence-corrected chi connectivity index (χ2v) is 9.15. The van der Waals surface area contributed by atoms with E-state index in [1.165, 1.54) is 5.56 Å². The molecule has 1 N–H and O–H groups in total. The summed E-state index contributed by atoms with van der Waals surface area (Å²) >= 11 is 6.09. The van der Waals surface area contributed by atoms with Crippen LogP contribution in [0, 0.1) is 0 Å². The fraction of sp³-hybridized carbons (Fsp3) is 0.458. The Hall–Kier alpha value is -1.83. The largest absolute Gasteiger partial charge is 0.376 e. The molecule has 1 unspecified atom stereocenters. The van der Waals surface area contributed by atoms with Gasteiger partial charge in [-0.2, -0.15) is 0 Å². The summed E-state index contributed by atoms with van der Waals surface area (Å²) in [4.78, 5) is 18.0. The number of aromatic amines is 1. The molecule has 2 aliphatic heterocycles. The van der Waals surface area contributed by atoms with Gasteiger partial charge in [0, 0.05) is 37.1 Å². The fourth-order valence-electron chi connectivity index (χ4n) is 5.04. The zero-order chi connectivity index (χ0) is 21.3. The molecule has 2 fully saturated rings. The highest BCUT2D eigenvalue weighted by atomic mass is 35.5. The van der Waals surface area contributed by atoms with E-state index in [2.05, 4.69) is 34.1 Å². The van der Waals surface area contributed by atoms with Crippen molar-refractivity contribution in [3.05, 3.63) is 69.6 Å². The lowest BCUT2D eigenvalue weighted by atomic mass is 9.92. The van der Waals surface area contributed by atoms with E-state index in [1.54, 1.807) is 0 Å². The molecule has 2 saturated heterocycles. The Balaban J connectivity index is 0.00000245. The van der Waals surface area contributed by atoms with Crippen LogP contribution in [-0.2, 0) is 15.9 Å². The predicted octanol–water partition coefficient (Wildman–Crippen LogP) is 4.07. The average Bonchev–Trinajstić information content (AvgIpc) is 3.10. The zero-order valence-corrected chi connectivity index (χ0v) is 19.5. The molecule has 172 valence electrons. The van der Waals surface area contributed by atoms with Crippen molar-refractivity contribution >= 4 is 35.0 Å². The van der Waals surface area contributed by atoms with Crippen LogP contribution in [0.3, 0.4) is 0 Å². The van der Waals surface area contributed by atoms with Crippen molar-refractivity contribution in [2.24, 2.45) is 0 Å². The van der Waals surface area contributed by atoms with Gasteiger partial charge < -0.3 is 19.4 Å². The van der Waals surface area contributed by atoms with Gasteiger partial charge in [0.1, 0.15) is 5.60 Å². The summed E-state index contributed by atoms with van der Waals surface area (Å²) in [5.74, 6) is 0. The minimum Gasteiger partial charge on any atom is -0.376 e. The quantitative estimate of drug-likeness (QED) is 0.601. The van der Waals surface area contributed by atoms with E-state index in [0.717, 1.165) is 49.9 Å². The third-order valence-electron chi connectivity index (χ3n) is 6.48. The van der Waals surface area contributed by atoms with Crippen molar-refractivity contribution in [1.29, 1.82) is 0 Å². The first kappa shape index (κ1) is 23.3. The van der Waals surface area contributed by atoms with Crippen LogP contribution in [0.4, 0.5) is 0 Å². The number of ether oxygens (including phenoxy) is 2. The zero-order valence-electron chi connectivity index (χ0n) is 18.0. The number of nitrogens with one attached hydrogen (secondary N) is 1. The Labute approximate surface area is 198 Å². The van der Waals surface area contributed by atoms with Gasteiger partial charge in [0.15, 0.2) is 0 Å². The third-order valence-corrected chi connectivity index (χ3v) is 6.72. The van der Waals surface area contributed by atoms with Crippen molar-refractivity contribution in [3.63, 3.8) is 0 Å². The number of halogens is 2. The molecule has 1 aromatic heterocycles. The maximum atomic E-state index is 12.6. The summed E-state index contributed by atoms with van der Waals surface area (Å²) in [6.07, 6.45) is 2.70. The van der Waals surface area contributed by atoms with Crippen LogP contribution >= 0.6 is 24.0 Å². The van der Waals surface area contributed by atoms with E-state index in [-0.39, 0.29) is 29.7 Å². The van der Waals surface area contributed by atoms with E-state index in [9.17, 15) is 4.79 Å². The fourth-order valence-corrected chi connectivity index (χ4v) is 5.22. The number of benzene rings is 2. The van der Waals surface area contributed by atoms with Crippen LogP contribution in [0.25, 0.3) is 11.0 Å². The second-order valence-electron chi connectivity index (χ2n) is 8.72. The van der Waals surface area contributed by atoms with Crippen molar-refractivity contribution in [1.82, 2.24) is 14.5 Å². The van der Waals surface area contributed by atoms with Crippen LogP contribution in [0.1, 0.15) is 24.4 Å². The molecular weight excluding hydrogens is 449 g/mol. The summed E-state index contributed by atoms with van der Waals surface area (Å²) in [5, 5.41) is 0.633. The molecule has 5 rings (SSSR count). The topological polar surface area (TPSA) is 59.5 Å².